The normalized spacial score (nSPS) is 14.6. The fourth-order valence-electron chi connectivity index (χ4n) is 3.80. The zero-order chi connectivity index (χ0) is 25.9. The summed E-state index contributed by atoms with van der Waals surface area (Å²) >= 11 is 0. The van der Waals surface area contributed by atoms with E-state index in [-0.39, 0.29) is 23.9 Å². The van der Waals surface area contributed by atoms with Crippen LogP contribution in [0.5, 0.6) is 5.75 Å². The molecule has 0 atom stereocenters. The maximum absolute atomic E-state index is 13.0. The fourth-order valence-corrected chi connectivity index (χ4v) is 3.80. The number of hydrogen-bond acceptors (Lipinski definition) is 7. The molecular weight excluding hydrogens is 485 g/mol. The van der Waals surface area contributed by atoms with Crippen LogP contribution in [0.3, 0.4) is 0 Å². The molecule has 3 aromatic heterocycles. The number of halogens is 3. The molecule has 0 aliphatic carbocycles. The second-order valence-corrected chi connectivity index (χ2v) is 8.13. The first-order chi connectivity index (χ1) is 17.1. The van der Waals surface area contributed by atoms with Gasteiger partial charge < -0.3 is 24.7 Å². The minimum atomic E-state index is -4.66. The molecule has 36 heavy (non-hydrogen) atoms. The van der Waals surface area contributed by atoms with Gasteiger partial charge in [-0.3, -0.25) is 14.4 Å². The first kappa shape index (κ1) is 25.2. The monoisotopic (exact) mass is 508 g/mol. The number of rotatable bonds is 7. The van der Waals surface area contributed by atoms with E-state index in [2.05, 4.69) is 15.4 Å². The highest BCUT2D eigenvalue weighted by molar-refractivity contribution is 5.94. The van der Waals surface area contributed by atoms with Crippen molar-refractivity contribution in [2.45, 2.75) is 31.5 Å². The second-order valence-electron chi connectivity index (χ2n) is 8.13. The zero-order valence-corrected chi connectivity index (χ0v) is 19.2. The molecule has 192 valence electrons. The van der Waals surface area contributed by atoms with Gasteiger partial charge in [-0.25, -0.2) is 4.98 Å². The molecule has 2 amide bonds. The topological polar surface area (TPSA) is 129 Å². The number of carbonyl (C=O) groups excluding carboxylic acids is 2. The number of pyridine rings is 1. The molecule has 0 saturated carbocycles. The number of carbonyl (C=O) groups is 2. The van der Waals surface area contributed by atoms with E-state index in [1.54, 1.807) is 17.4 Å². The highest BCUT2D eigenvalue weighted by Gasteiger charge is 2.29. The van der Waals surface area contributed by atoms with Crippen LogP contribution >= 0.6 is 0 Å². The fraction of sp³-hybridized carbons (Fsp3) is 0.409. The van der Waals surface area contributed by atoms with Crippen LogP contribution in [0.25, 0.3) is 5.65 Å². The predicted molar refractivity (Wildman–Crippen MR) is 120 cm³/mol. The maximum atomic E-state index is 13.0. The number of amides is 2. The van der Waals surface area contributed by atoms with E-state index in [1.165, 1.54) is 23.9 Å². The van der Waals surface area contributed by atoms with Crippen molar-refractivity contribution in [2.24, 2.45) is 0 Å². The average Bonchev–Trinajstić information content (AvgIpc) is 3.31. The number of aromatic nitrogens is 4. The Morgan fingerprint density at radius 3 is 2.64 bits per heavy atom. The Morgan fingerprint density at radius 1 is 1.25 bits per heavy atom. The summed E-state index contributed by atoms with van der Waals surface area (Å²) in [7, 11) is 1.47. The minimum Gasteiger partial charge on any atom is -0.495 e. The first-order valence-electron chi connectivity index (χ1n) is 11.0. The standard InChI is InChI=1S/C22H23F3N6O5/c1-35-14-2-3-17(26-9-14)28-18(32)11-30-10-15(20(33)27-12-22(23,24)25)21(34)31-19(30)8-16(29-31)13-4-6-36-7-5-13/h2-3,8-10,13H,4-7,11-12H2,1H3,(H,27,33)(H,26,28,32). The largest absolute Gasteiger partial charge is 0.495 e. The van der Waals surface area contributed by atoms with Crippen molar-refractivity contribution in [1.29, 1.82) is 0 Å². The number of ether oxygens (including phenoxy) is 2. The van der Waals surface area contributed by atoms with Crippen LogP contribution in [0.15, 0.2) is 35.4 Å². The minimum absolute atomic E-state index is 0.00803. The highest BCUT2D eigenvalue weighted by atomic mass is 19.4. The molecule has 0 radical (unpaired) electrons. The Balaban J connectivity index is 1.67. The van der Waals surface area contributed by atoms with Crippen LogP contribution in [0, 0.1) is 0 Å². The van der Waals surface area contributed by atoms with Gasteiger partial charge in [0.2, 0.25) is 5.91 Å². The first-order valence-corrected chi connectivity index (χ1v) is 11.0. The zero-order valence-electron chi connectivity index (χ0n) is 19.2. The van der Waals surface area contributed by atoms with E-state index in [1.807, 2.05) is 0 Å². The van der Waals surface area contributed by atoms with Crippen molar-refractivity contribution in [3.05, 3.63) is 52.2 Å². The number of methoxy groups -OCH3 is 1. The van der Waals surface area contributed by atoms with Crippen molar-refractivity contribution >= 4 is 23.3 Å². The summed E-state index contributed by atoms with van der Waals surface area (Å²) < 4.78 is 50.4. The van der Waals surface area contributed by atoms with Crippen molar-refractivity contribution < 1.29 is 32.2 Å². The molecule has 11 nitrogen and oxygen atoms in total. The van der Waals surface area contributed by atoms with Gasteiger partial charge in [-0.05, 0) is 25.0 Å². The lowest BCUT2D eigenvalue weighted by Crippen LogP contribution is -2.38. The lowest BCUT2D eigenvalue weighted by Gasteiger charge is -2.19. The molecule has 3 aromatic rings. The number of nitrogens with zero attached hydrogens (tertiary/aromatic N) is 4. The molecule has 0 unspecified atom stereocenters. The summed E-state index contributed by atoms with van der Waals surface area (Å²) in [5.41, 5.74) is -0.693. The van der Waals surface area contributed by atoms with Crippen molar-refractivity contribution in [3.63, 3.8) is 0 Å². The summed E-state index contributed by atoms with van der Waals surface area (Å²) in [6, 6.07) is 4.75. The number of hydrogen-bond donors (Lipinski definition) is 2. The Bertz CT molecular complexity index is 1310. The second kappa shape index (κ2) is 10.4. The van der Waals surface area contributed by atoms with Crippen LogP contribution in [0.2, 0.25) is 0 Å². The number of nitrogens with one attached hydrogen (secondary N) is 2. The lowest BCUT2D eigenvalue weighted by atomic mass is 9.97. The summed E-state index contributed by atoms with van der Waals surface area (Å²) in [5, 5.41) is 8.60. The summed E-state index contributed by atoms with van der Waals surface area (Å²) in [6.07, 6.45) is -0.861. The lowest BCUT2D eigenvalue weighted by molar-refractivity contribution is -0.123. The third-order valence-electron chi connectivity index (χ3n) is 5.60. The smallest absolute Gasteiger partial charge is 0.405 e. The van der Waals surface area contributed by atoms with E-state index in [9.17, 15) is 27.6 Å². The molecule has 0 spiro atoms. The molecule has 0 aromatic carbocycles. The number of alkyl halides is 3. The molecule has 2 N–H and O–H groups in total. The molecule has 4 heterocycles. The van der Waals surface area contributed by atoms with Crippen LogP contribution < -0.4 is 20.9 Å². The SMILES string of the molecule is COc1ccc(NC(=O)Cn2cc(C(=O)NCC(F)(F)F)c(=O)n3nc(C4CCOCC4)cc23)nc1. The third kappa shape index (κ3) is 5.82. The van der Waals surface area contributed by atoms with Gasteiger partial charge >= 0.3 is 6.18 Å². The van der Waals surface area contributed by atoms with Gasteiger partial charge in [0.05, 0.1) is 19.0 Å². The van der Waals surface area contributed by atoms with E-state index in [0.29, 0.717) is 37.5 Å². The molecule has 4 rings (SSSR count). The van der Waals surface area contributed by atoms with Crippen molar-refractivity contribution in [3.8, 4) is 5.75 Å². The molecule has 14 heteroatoms. The average molecular weight is 508 g/mol. The number of fused-ring (bicyclic) bond motifs is 1. The quantitative estimate of drug-likeness (QED) is 0.497. The van der Waals surface area contributed by atoms with Gasteiger partial charge in [0.25, 0.3) is 11.5 Å². The predicted octanol–water partition coefficient (Wildman–Crippen LogP) is 1.72. The summed E-state index contributed by atoms with van der Waals surface area (Å²) in [5.74, 6) is -1.06. The van der Waals surface area contributed by atoms with Gasteiger partial charge in [0, 0.05) is 31.4 Å². The molecule has 1 aliphatic rings. The van der Waals surface area contributed by atoms with Crippen LogP contribution in [0.1, 0.15) is 34.8 Å². The molecule has 1 aliphatic heterocycles. The van der Waals surface area contributed by atoms with Crippen molar-refractivity contribution in [2.75, 3.05) is 32.2 Å². The van der Waals surface area contributed by atoms with Gasteiger partial charge in [-0.15, -0.1) is 0 Å². The van der Waals surface area contributed by atoms with E-state index >= 15 is 0 Å². The Kier molecular flexibility index (Phi) is 7.24. The maximum Gasteiger partial charge on any atom is 0.405 e. The summed E-state index contributed by atoms with van der Waals surface area (Å²) in [6.45, 7) is -0.939. The third-order valence-corrected chi connectivity index (χ3v) is 5.60. The van der Waals surface area contributed by atoms with Gasteiger partial charge in [0.1, 0.15) is 35.9 Å². The van der Waals surface area contributed by atoms with Gasteiger partial charge in [0.15, 0.2) is 0 Å². The van der Waals surface area contributed by atoms with Crippen molar-refractivity contribution in [1.82, 2.24) is 24.5 Å². The molecule has 1 fully saturated rings. The summed E-state index contributed by atoms with van der Waals surface area (Å²) in [4.78, 5) is 42.2. The Morgan fingerprint density at radius 2 is 2.00 bits per heavy atom. The van der Waals surface area contributed by atoms with Gasteiger partial charge in [-0.2, -0.15) is 22.8 Å². The van der Waals surface area contributed by atoms with E-state index in [0.717, 1.165) is 10.7 Å². The Hall–Kier alpha value is -3.94. The Labute approximate surface area is 202 Å². The van der Waals surface area contributed by atoms with Gasteiger partial charge in [-0.1, -0.05) is 0 Å². The van der Waals surface area contributed by atoms with Crippen LogP contribution in [-0.2, 0) is 16.1 Å². The highest BCUT2D eigenvalue weighted by Crippen LogP contribution is 2.26. The molecule has 1 saturated heterocycles. The van der Waals surface area contributed by atoms with E-state index < -0.39 is 35.7 Å². The molecular formula is C22H23F3N6O5. The van der Waals surface area contributed by atoms with Crippen LogP contribution in [-0.4, -0.2) is 64.0 Å². The van der Waals surface area contributed by atoms with Crippen LogP contribution in [0.4, 0.5) is 19.0 Å². The number of anilines is 1. The van der Waals surface area contributed by atoms with E-state index in [4.69, 9.17) is 9.47 Å². The molecule has 0 bridgehead atoms.